The van der Waals surface area contributed by atoms with Gasteiger partial charge in [0, 0.05) is 6.42 Å². The predicted molar refractivity (Wildman–Crippen MR) is 90.8 cm³/mol. The van der Waals surface area contributed by atoms with Crippen molar-refractivity contribution in [1.29, 1.82) is 0 Å². The molecule has 1 aromatic carbocycles. The Morgan fingerprint density at radius 1 is 1.05 bits per heavy atom. The third kappa shape index (κ3) is 4.53. The van der Waals surface area contributed by atoms with Gasteiger partial charge in [-0.3, -0.25) is 0 Å². The van der Waals surface area contributed by atoms with Crippen molar-refractivity contribution in [2.45, 2.75) is 64.1 Å². The molecule has 1 aromatic rings. The summed E-state index contributed by atoms with van der Waals surface area (Å²) in [5.74, 6) is 0. The summed E-state index contributed by atoms with van der Waals surface area (Å²) in [6.45, 7) is 12.1. The molecule has 0 N–H and O–H groups in total. The van der Waals surface area contributed by atoms with Crippen molar-refractivity contribution in [3.63, 3.8) is 0 Å². The van der Waals surface area contributed by atoms with E-state index >= 15 is 0 Å². The molecular weight excluding hydrogens is 276 g/mol. The molecule has 0 radical (unpaired) electrons. The lowest BCUT2D eigenvalue weighted by atomic mass is 10.2. The Bertz CT molecular complexity index is 474. The maximum absolute atomic E-state index is 6.42. The molecule has 0 aromatic heterocycles. The average Bonchev–Trinajstić information content (AvgIpc) is 2.83. The Labute approximate surface area is 130 Å². The van der Waals surface area contributed by atoms with Crippen molar-refractivity contribution < 1.29 is 9.16 Å². The van der Waals surface area contributed by atoms with Gasteiger partial charge in [0.25, 0.3) is 0 Å². The first-order valence-corrected chi connectivity index (χ1v) is 10.7. The van der Waals surface area contributed by atoms with Crippen LogP contribution in [0.2, 0.25) is 18.1 Å². The first-order chi connectivity index (χ1) is 9.78. The summed E-state index contributed by atoms with van der Waals surface area (Å²) < 4.78 is 12.4. The van der Waals surface area contributed by atoms with Crippen LogP contribution in [-0.2, 0) is 15.8 Å². The van der Waals surface area contributed by atoms with Crippen molar-refractivity contribution in [2.75, 3.05) is 0 Å². The largest absolute Gasteiger partial charge is 0.410 e. The van der Waals surface area contributed by atoms with Gasteiger partial charge in [-0.15, -0.1) is 0 Å². The van der Waals surface area contributed by atoms with E-state index in [2.05, 4.69) is 58.2 Å². The lowest BCUT2D eigenvalue weighted by Crippen LogP contribution is -2.43. The fourth-order valence-corrected chi connectivity index (χ4v) is 3.46. The SMILES string of the molecule is CC(C)(C)[Si](C)(C)O[C@@H]1C=C[C@H](OCc2ccccc2)C1. The monoisotopic (exact) mass is 304 g/mol. The van der Waals surface area contributed by atoms with Gasteiger partial charge >= 0.3 is 0 Å². The van der Waals surface area contributed by atoms with Gasteiger partial charge in [0.15, 0.2) is 8.32 Å². The third-order valence-corrected chi connectivity index (χ3v) is 9.07. The molecule has 0 unspecified atom stereocenters. The molecule has 0 aliphatic heterocycles. The Hall–Kier alpha value is -0.903. The van der Waals surface area contributed by atoms with Gasteiger partial charge in [-0.05, 0) is 23.7 Å². The number of hydrogen-bond acceptors (Lipinski definition) is 2. The van der Waals surface area contributed by atoms with E-state index in [0.717, 1.165) is 6.42 Å². The molecule has 1 aliphatic carbocycles. The summed E-state index contributed by atoms with van der Waals surface area (Å²) in [7, 11) is -1.69. The van der Waals surface area contributed by atoms with Crippen LogP contribution in [0.4, 0.5) is 0 Å². The van der Waals surface area contributed by atoms with Crippen LogP contribution in [0.5, 0.6) is 0 Å². The van der Waals surface area contributed by atoms with Crippen LogP contribution in [0, 0.1) is 0 Å². The first kappa shape index (κ1) is 16.5. The van der Waals surface area contributed by atoms with Gasteiger partial charge in [-0.1, -0.05) is 63.3 Å². The molecule has 0 bridgehead atoms. The Morgan fingerprint density at radius 3 is 2.29 bits per heavy atom. The van der Waals surface area contributed by atoms with Crippen LogP contribution in [0.25, 0.3) is 0 Å². The van der Waals surface area contributed by atoms with E-state index in [9.17, 15) is 0 Å². The lowest BCUT2D eigenvalue weighted by molar-refractivity contribution is 0.0544. The average molecular weight is 305 g/mol. The summed E-state index contributed by atoms with van der Waals surface area (Å²) in [5.41, 5.74) is 1.22. The molecule has 0 saturated heterocycles. The summed E-state index contributed by atoms with van der Waals surface area (Å²) in [5, 5.41) is 0.254. The van der Waals surface area contributed by atoms with E-state index in [4.69, 9.17) is 9.16 Å². The molecule has 21 heavy (non-hydrogen) atoms. The maximum atomic E-state index is 6.42. The summed E-state index contributed by atoms with van der Waals surface area (Å²) >= 11 is 0. The van der Waals surface area contributed by atoms with E-state index in [1.807, 2.05) is 18.2 Å². The highest BCUT2D eigenvalue weighted by Gasteiger charge is 2.39. The minimum absolute atomic E-state index is 0.181. The van der Waals surface area contributed by atoms with Gasteiger partial charge in [-0.2, -0.15) is 0 Å². The minimum atomic E-state index is -1.69. The molecule has 3 heteroatoms. The zero-order valence-corrected chi connectivity index (χ0v) is 14.9. The van der Waals surface area contributed by atoms with Gasteiger partial charge in [0.1, 0.15) is 0 Å². The van der Waals surface area contributed by atoms with E-state index in [1.54, 1.807) is 0 Å². The highest BCUT2D eigenvalue weighted by Crippen LogP contribution is 2.38. The highest BCUT2D eigenvalue weighted by atomic mass is 28.4. The Morgan fingerprint density at radius 2 is 1.67 bits per heavy atom. The molecule has 0 amide bonds. The van der Waals surface area contributed by atoms with Gasteiger partial charge in [-0.25, -0.2) is 0 Å². The van der Waals surface area contributed by atoms with E-state index in [0.29, 0.717) is 6.61 Å². The fraction of sp³-hybridized carbons (Fsp3) is 0.556. The summed E-state index contributed by atoms with van der Waals surface area (Å²) in [6, 6.07) is 10.3. The zero-order chi connectivity index (χ0) is 15.5. The topological polar surface area (TPSA) is 18.5 Å². The lowest BCUT2D eigenvalue weighted by Gasteiger charge is -2.38. The molecule has 0 heterocycles. The highest BCUT2D eigenvalue weighted by molar-refractivity contribution is 6.74. The van der Waals surface area contributed by atoms with Gasteiger partial charge < -0.3 is 9.16 Å². The number of benzene rings is 1. The molecule has 2 atom stereocenters. The second-order valence-electron chi connectivity index (χ2n) is 7.37. The van der Waals surface area contributed by atoms with E-state index < -0.39 is 8.32 Å². The van der Waals surface area contributed by atoms with Crippen LogP contribution < -0.4 is 0 Å². The summed E-state index contributed by atoms with van der Waals surface area (Å²) in [6.07, 6.45) is 5.67. The van der Waals surface area contributed by atoms with Crippen molar-refractivity contribution in [3.05, 3.63) is 48.0 Å². The molecular formula is C18H28O2Si. The van der Waals surface area contributed by atoms with Crippen molar-refractivity contribution in [1.82, 2.24) is 0 Å². The maximum Gasteiger partial charge on any atom is 0.192 e. The molecule has 116 valence electrons. The standard InChI is InChI=1S/C18H28O2Si/c1-18(2,3)21(4,5)20-17-12-11-16(13-17)19-14-15-9-7-6-8-10-15/h6-12,16-17H,13-14H2,1-5H3/t16-,17+/m0/s1. The first-order valence-electron chi connectivity index (χ1n) is 7.79. The predicted octanol–water partition coefficient (Wildman–Crippen LogP) is 4.92. The normalized spacial score (nSPS) is 22.7. The molecule has 0 spiro atoms. The van der Waals surface area contributed by atoms with Gasteiger partial charge in [0.2, 0.25) is 0 Å². The molecule has 0 fully saturated rings. The fourth-order valence-electron chi connectivity index (χ4n) is 2.18. The third-order valence-electron chi connectivity index (χ3n) is 4.56. The molecule has 0 saturated carbocycles. The Kier molecular flexibility index (Phi) is 5.07. The van der Waals surface area contributed by atoms with Crippen molar-refractivity contribution in [3.8, 4) is 0 Å². The number of rotatable bonds is 5. The Balaban J connectivity index is 1.81. The van der Waals surface area contributed by atoms with Crippen LogP contribution in [0.3, 0.4) is 0 Å². The van der Waals surface area contributed by atoms with Crippen LogP contribution in [0.15, 0.2) is 42.5 Å². The second-order valence-corrected chi connectivity index (χ2v) is 12.1. The van der Waals surface area contributed by atoms with E-state index in [-0.39, 0.29) is 17.2 Å². The molecule has 2 rings (SSSR count). The van der Waals surface area contributed by atoms with Crippen LogP contribution >= 0.6 is 0 Å². The molecule has 2 nitrogen and oxygen atoms in total. The quantitative estimate of drug-likeness (QED) is 0.567. The summed E-state index contributed by atoms with van der Waals surface area (Å²) in [4.78, 5) is 0. The van der Waals surface area contributed by atoms with Crippen LogP contribution in [0.1, 0.15) is 32.8 Å². The van der Waals surface area contributed by atoms with Crippen LogP contribution in [-0.4, -0.2) is 20.5 Å². The smallest absolute Gasteiger partial charge is 0.192 e. The number of hydrogen-bond donors (Lipinski definition) is 0. The minimum Gasteiger partial charge on any atom is -0.410 e. The second kappa shape index (κ2) is 6.47. The van der Waals surface area contributed by atoms with Crippen molar-refractivity contribution in [2.24, 2.45) is 0 Å². The number of ether oxygens (including phenoxy) is 1. The zero-order valence-electron chi connectivity index (χ0n) is 13.9. The van der Waals surface area contributed by atoms with Crippen molar-refractivity contribution >= 4 is 8.32 Å². The van der Waals surface area contributed by atoms with Gasteiger partial charge in [0.05, 0.1) is 18.8 Å². The molecule has 1 aliphatic rings. The van der Waals surface area contributed by atoms with E-state index in [1.165, 1.54) is 5.56 Å².